The number of halogens is 1. The summed E-state index contributed by atoms with van der Waals surface area (Å²) in [7, 11) is 3.30. The zero-order valence-corrected chi connectivity index (χ0v) is 15.7. The fourth-order valence-corrected chi connectivity index (χ4v) is 3.47. The van der Waals surface area contributed by atoms with Crippen LogP contribution in [0.2, 0.25) is 0 Å². The Morgan fingerprint density at radius 1 is 1.08 bits per heavy atom. The third-order valence-corrected chi connectivity index (χ3v) is 4.74. The van der Waals surface area contributed by atoms with E-state index in [0.29, 0.717) is 5.75 Å². The highest BCUT2D eigenvalue weighted by molar-refractivity contribution is 5.96. The van der Waals surface area contributed by atoms with E-state index in [-0.39, 0.29) is 12.4 Å². The number of ether oxygens (including phenoxy) is 2. The smallest absolute Gasteiger partial charge is 0.162 e. The number of aromatic nitrogens is 1. The van der Waals surface area contributed by atoms with Gasteiger partial charge in [-0.15, -0.1) is 12.4 Å². The second-order valence-electron chi connectivity index (χ2n) is 6.27. The van der Waals surface area contributed by atoms with E-state index in [1.165, 1.54) is 16.8 Å². The minimum atomic E-state index is 0. The molecule has 0 saturated carbocycles. The van der Waals surface area contributed by atoms with E-state index in [1.54, 1.807) is 14.2 Å². The number of benzene rings is 2. The van der Waals surface area contributed by atoms with E-state index in [4.69, 9.17) is 15.2 Å². The van der Waals surface area contributed by atoms with Crippen LogP contribution in [0.1, 0.15) is 11.1 Å². The van der Waals surface area contributed by atoms with Crippen LogP contribution in [-0.4, -0.2) is 25.7 Å². The molecule has 0 spiro atoms. The van der Waals surface area contributed by atoms with Gasteiger partial charge in [0.1, 0.15) is 0 Å². The molecule has 0 atom stereocenters. The van der Waals surface area contributed by atoms with Crippen molar-refractivity contribution in [2.75, 3.05) is 31.4 Å². The number of anilines is 2. The van der Waals surface area contributed by atoms with Crippen molar-refractivity contribution >= 4 is 34.7 Å². The Morgan fingerprint density at radius 3 is 2.46 bits per heavy atom. The molecule has 0 amide bonds. The maximum Gasteiger partial charge on any atom is 0.162 e. The summed E-state index contributed by atoms with van der Waals surface area (Å²) in [4.78, 5) is 7.01. The first-order chi connectivity index (χ1) is 12.2. The molecule has 0 aliphatic carbocycles. The van der Waals surface area contributed by atoms with Gasteiger partial charge in [0.05, 0.1) is 25.4 Å². The predicted octanol–water partition coefficient (Wildman–Crippen LogP) is 3.82. The van der Waals surface area contributed by atoms with Gasteiger partial charge in [-0.1, -0.05) is 12.1 Å². The van der Waals surface area contributed by atoms with Crippen LogP contribution in [0.3, 0.4) is 0 Å². The molecule has 0 fully saturated rings. The molecule has 2 aromatic carbocycles. The van der Waals surface area contributed by atoms with Crippen LogP contribution in [0.25, 0.3) is 10.9 Å². The Morgan fingerprint density at radius 2 is 1.77 bits per heavy atom. The van der Waals surface area contributed by atoms with Gasteiger partial charge in [0.25, 0.3) is 0 Å². The molecule has 3 aromatic rings. The molecule has 4 rings (SSSR count). The summed E-state index contributed by atoms with van der Waals surface area (Å²) in [5, 5.41) is 1.10. The molecule has 1 aromatic heterocycles. The van der Waals surface area contributed by atoms with Crippen LogP contribution >= 0.6 is 12.4 Å². The molecule has 2 heterocycles. The number of nitrogens with two attached hydrogens (primary N) is 1. The first-order valence-corrected chi connectivity index (χ1v) is 8.32. The summed E-state index contributed by atoms with van der Waals surface area (Å²) in [5.41, 5.74) is 11.3. The normalized spacial score (nSPS) is 12.6. The van der Waals surface area contributed by atoms with E-state index in [0.717, 1.165) is 41.9 Å². The molecule has 5 nitrogen and oxygen atoms in total. The Hall–Kier alpha value is -2.66. The van der Waals surface area contributed by atoms with E-state index in [1.807, 2.05) is 30.5 Å². The second-order valence-corrected chi connectivity index (χ2v) is 6.27. The largest absolute Gasteiger partial charge is 0.493 e. The van der Waals surface area contributed by atoms with Gasteiger partial charge < -0.3 is 20.1 Å². The Kier molecular flexibility index (Phi) is 5.09. The van der Waals surface area contributed by atoms with Crippen molar-refractivity contribution in [3.8, 4) is 11.5 Å². The quantitative estimate of drug-likeness (QED) is 0.706. The van der Waals surface area contributed by atoms with Gasteiger partial charge in [-0.2, -0.15) is 0 Å². The first kappa shape index (κ1) is 18.1. The fraction of sp³-hybridized carbons (Fsp3) is 0.250. The number of hydrogen-bond donors (Lipinski definition) is 1. The van der Waals surface area contributed by atoms with E-state index in [9.17, 15) is 0 Å². The van der Waals surface area contributed by atoms with Gasteiger partial charge in [-0.3, -0.25) is 4.98 Å². The van der Waals surface area contributed by atoms with Crippen LogP contribution in [0.5, 0.6) is 11.5 Å². The summed E-state index contributed by atoms with van der Waals surface area (Å²) in [6.07, 6.45) is 2.98. The van der Waals surface area contributed by atoms with E-state index >= 15 is 0 Å². The summed E-state index contributed by atoms with van der Waals surface area (Å²) < 4.78 is 10.9. The summed E-state index contributed by atoms with van der Waals surface area (Å²) >= 11 is 0. The Bertz CT molecular complexity index is 928. The van der Waals surface area contributed by atoms with Crippen molar-refractivity contribution in [1.29, 1.82) is 0 Å². The van der Waals surface area contributed by atoms with Crippen molar-refractivity contribution in [3.63, 3.8) is 0 Å². The fourth-order valence-electron chi connectivity index (χ4n) is 3.47. The van der Waals surface area contributed by atoms with Gasteiger partial charge in [0.15, 0.2) is 11.5 Å². The number of pyridine rings is 1. The van der Waals surface area contributed by atoms with Gasteiger partial charge in [-0.25, -0.2) is 0 Å². The van der Waals surface area contributed by atoms with Gasteiger partial charge in [-0.05, 0) is 35.7 Å². The number of fused-ring (bicyclic) bond motifs is 3. The molecule has 0 bridgehead atoms. The molecule has 26 heavy (non-hydrogen) atoms. The zero-order chi connectivity index (χ0) is 17.4. The molecule has 6 heteroatoms. The molecule has 0 unspecified atom stereocenters. The van der Waals surface area contributed by atoms with Crippen LogP contribution < -0.4 is 20.1 Å². The zero-order valence-electron chi connectivity index (χ0n) is 14.9. The lowest BCUT2D eigenvalue weighted by molar-refractivity contribution is 0.356. The van der Waals surface area contributed by atoms with Crippen molar-refractivity contribution in [3.05, 3.63) is 53.7 Å². The molecule has 1 aliphatic heterocycles. The standard InChI is InChI=1S/C20H21N3O2.ClH/c1-24-18-9-16-17(10-19(18)25-2)22-11-14-7-8-23(20(14)16)12-13-3-5-15(21)6-4-13;/h3-6,9-11H,7-8,12,21H2,1-2H3;1H. The monoisotopic (exact) mass is 371 g/mol. The average Bonchev–Trinajstić information content (AvgIpc) is 3.05. The lowest BCUT2D eigenvalue weighted by atomic mass is 10.1. The number of nitrogen functional groups attached to an aromatic ring is 1. The highest BCUT2D eigenvalue weighted by Gasteiger charge is 2.23. The maximum absolute atomic E-state index is 5.80. The predicted molar refractivity (Wildman–Crippen MR) is 108 cm³/mol. The van der Waals surface area contributed by atoms with Crippen molar-refractivity contribution < 1.29 is 9.47 Å². The van der Waals surface area contributed by atoms with Crippen LogP contribution in [-0.2, 0) is 13.0 Å². The van der Waals surface area contributed by atoms with Gasteiger partial charge in [0, 0.05) is 36.4 Å². The van der Waals surface area contributed by atoms with Gasteiger partial charge in [0.2, 0.25) is 0 Å². The second kappa shape index (κ2) is 7.30. The topological polar surface area (TPSA) is 60.6 Å². The number of rotatable bonds is 4. The summed E-state index contributed by atoms with van der Waals surface area (Å²) in [6.45, 7) is 1.83. The van der Waals surface area contributed by atoms with Crippen LogP contribution in [0.15, 0.2) is 42.6 Å². The highest BCUT2D eigenvalue weighted by atomic mass is 35.5. The highest BCUT2D eigenvalue weighted by Crippen LogP contribution is 2.40. The minimum Gasteiger partial charge on any atom is -0.493 e. The summed E-state index contributed by atoms with van der Waals surface area (Å²) in [5.74, 6) is 1.43. The molecule has 0 radical (unpaired) electrons. The summed E-state index contributed by atoms with van der Waals surface area (Å²) in [6, 6.07) is 12.0. The molecule has 2 N–H and O–H groups in total. The third kappa shape index (κ3) is 3.10. The maximum atomic E-state index is 5.80. The van der Waals surface area contributed by atoms with E-state index in [2.05, 4.69) is 22.0 Å². The molecular formula is C20H22ClN3O2. The van der Waals surface area contributed by atoms with Crippen molar-refractivity contribution in [1.82, 2.24) is 4.98 Å². The molecule has 136 valence electrons. The molecule has 1 aliphatic rings. The molecule has 0 saturated heterocycles. The Labute approximate surface area is 159 Å². The minimum absolute atomic E-state index is 0. The van der Waals surface area contributed by atoms with Crippen LogP contribution in [0.4, 0.5) is 11.4 Å². The van der Waals surface area contributed by atoms with Gasteiger partial charge >= 0.3 is 0 Å². The first-order valence-electron chi connectivity index (χ1n) is 8.32. The average molecular weight is 372 g/mol. The van der Waals surface area contributed by atoms with Crippen molar-refractivity contribution in [2.45, 2.75) is 13.0 Å². The number of hydrogen-bond acceptors (Lipinski definition) is 5. The molecular weight excluding hydrogens is 350 g/mol. The number of methoxy groups -OCH3 is 2. The number of nitrogens with zero attached hydrogens (tertiary/aromatic N) is 2. The Balaban J connectivity index is 0.00000196. The lowest BCUT2D eigenvalue weighted by Gasteiger charge is -2.21. The third-order valence-electron chi connectivity index (χ3n) is 4.74. The van der Waals surface area contributed by atoms with Crippen molar-refractivity contribution in [2.24, 2.45) is 0 Å². The van der Waals surface area contributed by atoms with E-state index < -0.39 is 0 Å². The SMILES string of the molecule is COc1cc2ncc3c(c2cc1OC)N(Cc1ccc(N)cc1)CC3.Cl. The van der Waals surface area contributed by atoms with Crippen LogP contribution in [0, 0.1) is 0 Å². The lowest BCUT2D eigenvalue weighted by Crippen LogP contribution is -2.20.